The molecule has 0 atom stereocenters. The summed E-state index contributed by atoms with van der Waals surface area (Å²) in [4.78, 5) is 0.210. The molecule has 0 aliphatic carbocycles. The Morgan fingerprint density at radius 2 is 1.81 bits per heavy atom. The Kier molecular flexibility index (Phi) is 4.59. The molecular weight excluding hydrogens is 306 g/mol. The highest BCUT2D eigenvalue weighted by Crippen LogP contribution is 2.27. The normalized spacial score (nSPS) is 11.4. The van der Waals surface area contributed by atoms with Crippen LogP contribution in [0.3, 0.4) is 0 Å². The Bertz CT molecular complexity index is 757. The van der Waals surface area contributed by atoms with Gasteiger partial charge in [0.2, 0.25) is 0 Å². The number of benzene rings is 2. The maximum atomic E-state index is 12.8. The Balaban J connectivity index is 2.51. The fourth-order valence-corrected chi connectivity index (χ4v) is 3.87. The van der Waals surface area contributed by atoms with E-state index in [1.54, 1.807) is 18.2 Å². The first kappa shape index (κ1) is 15.9. The van der Waals surface area contributed by atoms with Crippen molar-refractivity contribution in [1.82, 2.24) is 0 Å². The number of sulfonamides is 1. The van der Waals surface area contributed by atoms with Crippen LogP contribution in [0.4, 0.5) is 5.69 Å². The van der Waals surface area contributed by atoms with E-state index in [2.05, 4.69) is 0 Å². The molecule has 2 rings (SSSR count). The molecule has 0 spiro atoms. The first-order chi connectivity index (χ1) is 9.86. The summed E-state index contributed by atoms with van der Waals surface area (Å²) in [6.07, 6.45) is 0. The lowest BCUT2D eigenvalue weighted by atomic mass is 10.2. The standard InChI is InChI=1S/C16H18ClNO2S/c1-4-18(14-7-5-6-12(2)10-14)21(19,20)15-9-8-13(3)16(17)11-15/h5-11H,4H2,1-3H3. The Morgan fingerprint density at radius 1 is 1.10 bits per heavy atom. The molecule has 112 valence electrons. The molecule has 2 aromatic carbocycles. The first-order valence-corrected chi connectivity index (χ1v) is 8.53. The first-order valence-electron chi connectivity index (χ1n) is 6.72. The molecule has 0 unspecified atom stereocenters. The third kappa shape index (κ3) is 3.22. The lowest BCUT2D eigenvalue weighted by molar-refractivity contribution is 0.592. The van der Waals surface area contributed by atoms with Gasteiger partial charge in [0, 0.05) is 11.6 Å². The molecule has 0 aromatic heterocycles. The molecule has 0 heterocycles. The van der Waals surface area contributed by atoms with Crippen LogP contribution in [0.1, 0.15) is 18.1 Å². The Hall–Kier alpha value is -1.52. The van der Waals surface area contributed by atoms with Crippen LogP contribution in [0, 0.1) is 13.8 Å². The zero-order valence-corrected chi connectivity index (χ0v) is 13.9. The maximum Gasteiger partial charge on any atom is 0.264 e. The second-order valence-corrected chi connectivity index (χ2v) is 7.19. The number of aryl methyl sites for hydroxylation is 2. The van der Waals surface area contributed by atoms with Crippen molar-refractivity contribution >= 4 is 27.3 Å². The molecule has 0 aliphatic rings. The SMILES string of the molecule is CCN(c1cccc(C)c1)S(=O)(=O)c1ccc(C)c(Cl)c1. The minimum Gasteiger partial charge on any atom is -0.267 e. The van der Waals surface area contributed by atoms with Crippen LogP contribution in [-0.2, 0) is 10.0 Å². The Labute approximate surface area is 131 Å². The molecule has 0 bridgehead atoms. The molecule has 3 nitrogen and oxygen atoms in total. The number of halogens is 1. The fraction of sp³-hybridized carbons (Fsp3) is 0.250. The van der Waals surface area contributed by atoms with E-state index in [1.165, 1.54) is 10.4 Å². The van der Waals surface area contributed by atoms with Gasteiger partial charge in [-0.15, -0.1) is 0 Å². The molecule has 2 aromatic rings. The van der Waals surface area contributed by atoms with E-state index in [-0.39, 0.29) is 4.90 Å². The van der Waals surface area contributed by atoms with Crippen LogP contribution in [0.2, 0.25) is 5.02 Å². The van der Waals surface area contributed by atoms with Crippen molar-refractivity contribution in [1.29, 1.82) is 0 Å². The van der Waals surface area contributed by atoms with Gasteiger partial charge in [0.25, 0.3) is 10.0 Å². The number of hydrogen-bond acceptors (Lipinski definition) is 2. The molecule has 0 fully saturated rings. The fourth-order valence-electron chi connectivity index (χ4n) is 2.14. The van der Waals surface area contributed by atoms with Crippen molar-refractivity contribution in [3.8, 4) is 0 Å². The Morgan fingerprint density at radius 3 is 2.38 bits per heavy atom. The molecule has 0 amide bonds. The van der Waals surface area contributed by atoms with Crippen molar-refractivity contribution in [2.45, 2.75) is 25.7 Å². The van der Waals surface area contributed by atoms with E-state index < -0.39 is 10.0 Å². The van der Waals surface area contributed by atoms with E-state index in [1.807, 2.05) is 39.0 Å². The van der Waals surface area contributed by atoms with Crippen LogP contribution in [0.5, 0.6) is 0 Å². The summed E-state index contributed by atoms with van der Waals surface area (Å²) in [6, 6.07) is 12.3. The quantitative estimate of drug-likeness (QED) is 0.846. The molecule has 0 saturated carbocycles. The highest BCUT2D eigenvalue weighted by atomic mass is 35.5. The van der Waals surface area contributed by atoms with Gasteiger partial charge in [-0.1, -0.05) is 29.8 Å². The van der Waals surface area contributed by atoms with Crippen molar-refractivity contribution in [3.63, 3.8) is 0 Å². The van der Waals surface area contributed by atoms with Gasteiger partial charge in [-0.05, 0) is 56.2 Å². The van der Waals surface area contributed by atoms with E-state index in [0.717, 1.165) is 11.1 Å². The van der Waals surface area contributed by atoms with Gasteiger partial charge < -0.3 is 0 Å². The van der Waals surface area contributed by atoms with Crippen molar-refractivity contribution in [2.75, 3.05) is 10.8 Å². The van der Waals surface area contributed by atoms with Gasteiger partial charge in [0.15, 0.2) is 0 Å². The minimum absolute atomic E-state index is 0.210. The summed E-state index contributed by atoms with van der Waals surface area (Å²) in [5, 5.41) is 0.455. The topological polar surface area (TPSA) is 37.4 Å². The zero-order chi connectivity index (χ0) is 15.6. The van der Waals surface area contributed by atoms with Crippen LogP contribution in [0.25, 0.3) is 0 Å². The maximum absolute atomic E-state index is 12.8. The monoisotopic (exact) mass is 323 g/mol. The molecular formula is C16H18ClNO2S. The van der Waals surface area contributed by atoms with Crippen molar-refractivity contribution in [2.24, 2.45) is 0 Å². The van der Waals surface area contributed by atoms with Gasteiger partial charge in [0.1, 0.15) is 0 Å². The number of rotatable bonds is 4. The smallest absolute Gasteiger partial charge is 0.264 e. The van der Waals surface area contributed by atoms with Crippen LogP contribution in [-0.4, -0.2) is 15.0 Å². The molecule has 21 heavy (non-hydrogen) atoms. The molecule has 0 radical (unpaired) electrons. The van der Waals surface area contributed by atoms with Gasteiger partial charge in [-0.25, -0.2) is 8.42 Å². The zero-order valence-electron chi connectivity index (χ0n) is 12.3. The lowest BCUT2D eigenvalue weighted by Crippen LogP contribution is -2.30. The highest BCUT2D eigenvalue weighted by molar-refractivity contribution is 7.92. The van der Waals surface area contributed by atoms with Crippen molar-refractivity contribution in [3.05, 3.63) is 58.6 Å². The number of hydrogen-bond donors (Lipinski definition) is 0. The van der Waals surface area contributed by atoms with E-state index in [0.29, 0.717) is 17.3 Å². The second-order valence-electron chi connectivity index (χ2n) is 4.92. The molecule has 0 N–H and O–H groups in total. The molecule has 0 aliphatic heterocycles. The lowest BCUT2D eigenvalue weighted by Gasteiger charge is -2.23. The van der Waals surface area contributed by atoms with E-state index in [4.69, 9.17) is 11.6 Å². The summed E-state index contributed by atoms with van der Waals surface area (Å²) in [5.41, 5.74) is 2.53. The van der Waals surface area contributed by atoms with Gasteiger partial charge in [-0.2, -0.15) is 0 Å². The summed E-state index contributed by atoms with van der Waals surface area (Å²) in [5.74, 6) is 0. The van der Waals surface area contributed by atoms with Gasteiger partial charge in [-0.3, -0.25) is 4.31 Å². The van der Waals surface area contributed by atoms with Gasteiger partial charge in [0.05, 0.1) is 10.6 Å². The summed E-state index contributed by atoms with van der Waals surface area (Å²) < 4.78 is 27.0. The van der Waals surface area contributed by atoms with Crippen molar-refractivity contribution < 1.29 is 8.42 Å². The number of nitrogens with zero attached hydrogens (tertiary/aromatic N) is 1. The third-order valence-corrected chi connectivity index (χ3v) is 5.61. The minimum atomic E-state index is -3.61. The van der Waals surface area contributed by atoms with Crippen LogP contribution in [0.15, 0.2) is 47.4 Å². The number of anilines is 1. The van der Waals surface area contributed by atoms with E-state index >= 15 is 0 Å². The summed E-state index contributed by atoms with van der Waals surface area (Å²) >= 11 is 6.06. The average Bonchev–Trinajstić information content (AvgIpc) is 2.42. The molecule has 0 saturated heterocycles. The highest BCUT2D eigenvalue weighted by Gasteiger charge is 2.24. The third-order valence-electron chi connectivity index (χ3n) is 3.31. The predicted molar refractivity (Wildman–Crippen MR) is 87.6 cm³/mol. The average molecular weight is 324 g/mol. The largest absolute Gasteiger partial charge is 0.267 e. The second kappa shape index (κ2) is 6.08. The predicted octanol–water partition coefficient (Wildman–Crippen LogP) is 4.17. The molecule has 5 heteroatoms. The summed E-state index contributed by atoms with van der Waals surface area (Å²) in [7, 11) is -3.61. The van der Waals surface area contributed by atoms with Crippen LogP contribution >= 0.6 is 11.6 Å². The van der Waals surface area contributed by atoms with Crippen LogP contribution < -0.4 is 4.31 Å². The van der Waals surface area contributed by atoms with E-state index in [9.17, 15) is 8.42 Å². The van der Waals surface area contributed by atoms with Gasteiger partial charge >= 0.3 is 0 Å². The summed E-state index contributed by atoms with van der Waals surface area (Å²) in [6.45, 7) is 5.95.